The van der Waals surface area contributed by atoms with Crippen LogP contribution in [0.1, 0.15) is 50.7 Å². The summed E-state index contributed by atoms with van der Waals surface area (Å²) in [6.07, 6.45) is 4.23. The summed E-state index contributed by atoms with van der Waals surface area (Å²) in [4.78, 5) is 12.0. The lowest BCUT2D eigenvalue weighted by Crippen LogP contribution is -2.30. The number of hydrogen-bond donors (Lipinski definition) is 1. The van der Waals surface area contributed by atoms with Gasteiger partial charge in [0.1, 0.15) is 0 Å². The first-order valence-corrected chi connectivity index (χ1v) is 7.00. The van der Waals surface area contributed by atoms with Crippen molar-refractivity contribution < 1.29 is 4.79 Å². The molecule has 18 heavy (non-hydrogen) atoms. The molecule has 1 atom stereocenters. The third kappa shape index (κ3) is 4.91. The molecule has 0 aromatic heterocycles. The molecule has 0 saturated heterocycles. The highest BCUT2D eigenvalue weighted by atomic mass is 16.1. The Labute approximate surface area is 111 Å². The molecule has 0 aliphatic rings. The van der Waals surface area contributed by atoms with E-state index in [0.29, 0.717) is 6.54 Å². The molecule has 0 bridgehead atoms. The van der Waals surface area contributed by atoms with Crippen LogP contribution in [0.2, 0.25) is 0 Å². The number of aryl methyl sites for hydroxylation is 1. The van der Waals surface area contributed by atoms with E-state index in [9.17, 15) is 4.79 Å². The predicted molar refractivity (Wildman–Crippen MR) is 76.3 cm³/mol. The summed E-state index contributed by atoms with van der Waals surface area (Å²) < 4.78 is 0. The molecule has 1 amide bonds. The molecule has 0 radical (unpaired) electrons. The van der Waals surface area contributed by atoms with Crippen molar-refractivity contribution in [3.8, 4) is 0 Å². The number of hydrogen-bond acceptors (Lipinski definition) is 1. The minimum absolute atomic E-state index is 0.176. The van der Waals surface area contributed by atoms with Gasteiger partial charge in [-0.05, 0) is 25.3 Å². The van der Waals surface area contributed by atoms with Crippen molar-refractivity contribution in [3.05, 3.63) is 35.4 Å². The maximum Gasteiger partial charge on any atom is 0.223 e. The average molecular weight is 247 g/mol. The van der Waals surface area contributed by atoms with Gasteiger partial charge in [0.2, 0.25) is 5.91 Å². The summed E-state index contributed by atoms with van der Waals surface area (Å²) in [7, 11) is 0. The van der Waals surface area contributed by atoms with Gasteiger partial charge in [-0.25, -0.2) is 0 Å². The van der Waals surface area contributed by atoms with Crippen LogP contribution < -0.4 is 5.32 Å². The summed E-state index contributed by atoms with van der Waals surface area (Å²) in [5.41, 5.74) is 2.42. The highest BCUT2D eigenvalue weighted by Gasteiger charge is 2.14. The molecule has 0 spiro atoms. The number of amides is 1. The fourth-order valence-corrected chi connectivity index (χ4v) is 2.01. The van der Waals surface area contributed by atoms with Crippen LogP contribution in [0.15, 0.2) is 24.3 Å². The van der Waals surface area contributed by atoms with E-state index in [2.05, 4.69) is 50.4 Å². The first-order chi connectivity index (χ1) is 8.67. The maximum absolute atomic E-state index is 12.0. The van der Waals surface area contributed by atoms with E-state index in [1.165, 1.54) is 11.1 Å². The molecule has 0 saturated carbocycles. The van der Waals surface area contributed by atoms with E-state index in [-0.39, 0.29) is 11.8 Å². The standard InChI is InChI=1S/C16H25NO/c1-4-6-7-15(5-2)16(18)17-12-14-10-8-13(3)9-11-14/h8-11,15H,4-7,12H2,1-3H3,(H,17,18)/t15-/m1/s1. The number of nitrogens with one attached hydrogen (secondary N) is 1. The molecule has 1 aromatic rings. The molecule has 1 N–H and O–H groups in total. The van der Waals surface area contributed by atoms with Gasteiger partial charge in [-0.15, -0.1) is 0 Å². The Bertz CT molecular complexity index is 356. The summed E-state index contributed by atoms with van der Waals surface area (Å²) in [6.45, 7) is 6.96. The zero-order valence-electron chi connectivity index (χ0n) is 11.8. The lowest BCUT2D eigenvalue weighted by Gasteiger charge is -2.14. The predicted octanol–water partition coefficient (Wildman–Crippen LogP) is 3.83. The average Bonchev–Trinajstić information content (AvgIpc) is 2.39. The zero-order chi connectivity index (χ0) is 13.4. The second-order valence-electron chi connectivity index (χ2n) is 4.95. The largest absolute Gasteiger partial charge is 0.352 e. The molecule has 0 fully saturated rings. The highest BCUT2D eigenvalue weighted by molar-refractivity contribution is 5.78. The zero-order valence-corrected chi connectivity index (χ0v) is 11.8. The molecule has 1 rings (SSSR count). The molecule has 0 aliphatic heterocycles. The Morgan fingerprint density at radius 1 is 1.22 bits per heavy atom. The molecule has 2 heteroatoms. The van der Waals surface area contributed by atoms with Gasteiger partial charge in [-0.3, -0.25) is 4.79 Å². The van der Waals surface area contributed by atoms with Gasteiger partial charge in [-0.1, -0.05) is 56.5 Å². The molecule has 1 aromatic carbocycles. The van der Waals surface area contributed by atoms with Crippen LogP contribution in [0.5, 0.6) is 0 Å². The number of carbonyl (C=O) groups is 1. The van der Waals surface area contributed by atoms with E-state index < -0.39 is 0 Å². The van der Waals surface area contributed by atoms with Crippen molar-refractivity contribution in [2.75, 3.05) is 0 Å². The third-order valence-corrected chi connectivity index (χ3v) is 3.36. The lowest BCUT2D eigenvalue weighted by atomic mass is 9.98. The van der Waals surface area contributed by atoms with Crippen LogP contribution in [-0.2, 0) is 11.3 Å². The molecule has 2 nitrogen and oxygen atoms in total. The minimum Gasteiger partial charge on any atom is -0.352 e. The molecule has 0 heterocycles. The first kappa shape index (κ1) is 14.7. The van der Waals surface area contributed by atoms with E-state index >= 15 is 0 Å². The van der Waals surface area contributed by atoms with Crippen LogP contribution in [-0.4, -0.2) is 5.91 Å². The van der Waals surface area contributed by atoms with Crippen molar-refractivity contribution in [1.29, 1.82) is 0 Å². The monoisotopic (exact) mass is 247 g/mol. The van der Waals surface area contributed by atoms with Crippen LogP contribution in [0.25, 0.3) is 0 Å². The summed E-state index contributed by atoms with van der Waals surface area (Å²) >= 11 is 0. The van der Waals surface area contributed by atoms with Crippen LogP contribution in [0.3, 0.4) is 0 Å². The second kappa shape index (κ2) is 7.91. The van der Waals surface area contributed by atoms with E-state index in [1.54, 1.807) is 0 Å². The van der Waals surface area contributed by atoms with Crippen molar-refractivity contribution in [3.63, 3.8) is 0 Å². The Morgan fingerprint density at radius 2 is 1.89 bits per heavy atom. The normalized spacial score (nSPS) is 12.2. The number of rotatable bonds is 7. The topological polar surface area (TPSA) is 29.1 Å². The van der Waals surface area contributed by atoms with Gasteiger partial charge in [-0.2, -0.15) is 0 Å². The van der Waals surface area contributed by atoms with Crippen LogP contribution in [0.4, 0.5) is 0 Å². The first-order valence-electron chi connectivity index (χ1n) is 7.00. The Morgan fingerprint density at radius 3 is 2.44 bits per heavy atom. The highest BCUT2D eigenvalue weighted by Crippen LogP contribution is 2.13. The summed E-state index contributed by atoms with van der Waals surface area (Å²) in [5, 5.41) is 3.04. The smallest absolute Gasteiger partial charge is 0.223 e. The molecule has 0 aliphatic carbocycles. The molecule has 100 valence electrons. The maximum atomic E-state index is 12.0. The van der Waals surface area contributed by atoms with Crippen LogP contribution in [0, 0.1) is 12.8 Å². The fraction of sp³-hybridized carbons (Fsp3) is 0.562. The Kier molecular flexibility index (Phi) is 6.48. The van der Waals surface area contributed by atoms with E-state index in [4.69, 9.17) is 0 Å². The van der Waals surface area contributed by atoms with Crippen LogP contribution >= 0.6 is 0 Å². The van der Waals surface area contributed by atoms with Gasteiger partial charge < -0.3 is 5.32 Å². The fourth-order valence-electron chi connectivity index (χ4n) is 2.01. The van der Waals surface area contributed by atoms with Crippen molar-refractivity contribution in [2.24, 2.45) is 5.92 Å². The van der Waals surface area contributed by atoms with Crippen molar-refractivity contribution in [1.82, 2.24) is 5.32 Å². The summed E-state index contributed by atoms with van der Waals surface area (Å²) in [5.74, 6) is 0.377. The van der Waals surface area contributed by atoms with Crippen molar-refractivity contribution >= 4 is 5.91 Å². The SMILES string of the molecule is CCCC[C@@H](CC)C(=O)NCc1ccc(C)cc1. The Balaban J connectivity index is 2.41. The van der Waals surface area contributed by atoms with Gasteiger partial charge >= 0.3 is 0 Å². The molecule has 0 unspecified atom stereocenters. The van der Waals surface area contributed by atoms with E-state index in [1.807, 2.05) is 0 Å². The number of benzene rings is 1. The van der Waals surface area contributed by atoms with Crippen molar-refractivity contribution in [2.45, 2.75) is 53.0 Å². The third-order valence-electron chi connectivity index (χ3n) is 3.36. The number of unbranched alkanes of at least 4 members (excludes halogenated alkanes) is 1. The van der Waals surface area contributed by atoms with Gasteiger partial charge in [0.25, 0.3) is 0 Å². The quantitative estimate of drug-likeness (QED) is 0.779. The van der Waals surface area contributed by atoms with Gasteiger partial charge in [0.15, 0.2) is 0 Å². The van der Waals surface area contributed by atoms with Gasteiger partial charge in [0.05, 0.1) is 0 Å². The summed E-state index contributed by atoms with van der Waals surface area (Å²) in [6, 6.07) is 8.30. The molecular formula is C16H25NO. The minimum atomic E-state index is 0.176. The number of carbonyl (C=O) groups excluding carboxylic acids is 1. The van der Waals surface area contributed by atoms with E-state index in [0.717, 1.165) is 25.7 Å². The second-order valence-corrected chi connectivity index (χ2v) is 4.95. The van der Waals surface area contributed by atoms with Gasteiger partial charge in [0, 0.05) is 12.5 Å². The molecular weight excluding hydrogens is 222 g/mol. The Hall–Kier alpha value is -1.31. The lowest BCUT2D eigenvalue weighted by molar-refractivity contribution is -0.125.